The Bertz CT molecular complexity index is 986. The summed E-state index contributed by atoms with van der Waals surface area (Å²) < 4.78 is 39.6. The van der Waals surface area contributed by atoms with Gasteiger partial charge in [0.05, 0.1) is 23.0 Å². The van der Waals surface area contributed by atoms with Gasteiger partial charge in [-0.1, -0.05) is 42.5 Å². The molecule has 1 aromatic heterocycles. The molecule has 0 radical (unpaired) electrons. The van der Waals surface area contributed by atoms with Crippen molar-refractivity contribution in [3.63, 3.8) is 0 Å². The molecule has 146 valence electrons. The van der Waals surface area contributed by atoms with E-state index in [4.69, 9.17) is 0 Å². The molecule has 0 spiro atoms. The second kappa shape index (κ2) is 7.62. The second-order valence-electron chi connectivity index (χ2n) is 7.39. The Morgan fingerprint density at radius 2 is 1.79 bits per heavy atom. The van der Waals surface area contributed by atoms with Gasteiger partial charge in [-0.25, -0.2) is 0 Å². The molecule has 2 aromatic carbocycles. The first-order valence-corrected chi connectivity index (χ1v) is 8.93. The second-order valence-corrected chi connectivity index (χ2v) is 7.39. The highest BCUT2D eigenvalue weighted by Crippen LogP contribution is 2.30. The number of aryl methyl sites for hydroxylation is 1. The predicted octanol–water partition coefficient (Wildman–Crippen LogP) is 5.23. The fraction of sp³-hybridized carbons (Fsp3) is 0.273. The highest BCUT2D eigenvalue weighted by atomic mass is 19.4. The number of carbonyl (C=O) groups excluding carboxylic acids is 1. The van der Waals surface area contributed by atoms with Crippen LogP contribution in [-0.4, -0.2) is 22.6 Å². The molecule has 1 amide bonds. The zero-order chi connectivity index (χ0) is 20.4. The molecule has 3 nitrogen and oxygen atoms in total. The fourth-order valence-corrected chi connectivity index (χ4v) is 3.34. The van der Waals surface area contributed by atoms with Crippen molar-refractivity contribution in [2.75, 3.05) is 0 Å². The van der Waals surface area contributed by atoms with Crippen LogP contribution in [0.3, 0.4) is 0 Å². The van der Waals surface area contributed by atoms with E-state index in [-0.39, 0.29) is 12.0 Å². The third-order valence-electron chi connectivity index (χ3n) is 4.54. The topological polar surface area (TPSA) is 42.0 Å². The van der Waals surface area contributed by atoms with Gasteiger partial charge in [0.1, 0.15) is 0 Å². The van der Waals surface area contributed by atoms with E-state index in [9.17, 15) is 18.0 Å². The molecule has 0 aliphatic rings. The summed E-state index contributed by atoms with van der Waals surface area (Å²) in [6, 6.07) is 16.1. The SMILES string of the molecule is Cc1ccc2cc(C(=O)NC(C)(Cc3ccccc3)CC(F)(F)F)cnc2c1. The average Bonchev–Trinajstić information content (AvgIpc) is 2.60. The van der Waals surface area contributed by atoms with E-state index in [1.165, 1.54) is 13.1 Å². The smallest absolute Gasteiger partial charge is 0.346 e. The van der Waals surface area contributed by atoms with E-state index in [1.54, 1.807) is 36.4 Å². The molecule has 0 saturated heterocycles. The highest BCUT2D eigenvalue weighted by molar-refractivity contribution is 5.97. The standard InChI is InChI=1S/C22H21F3N2O/c1-15-8-9-17-11-18(13-26-19(17)10-15)20(28)27-21(2,14-22(23,24)25)12-16-6-4-3-5-7-16/h3-11,13H,12,14H2,1-2H3,(H,27,28). The Balaban J connectivity index is 1.87. The predicted molar refractivity (Wildman–Crippen MR) is 103 cm³/mol. The largest absolute Gasteiger partial charge is 0.391 e. The molecule has 6 heteroatoms. The van der Waals surface area contributed by atoms with Crippen molar-refractivity contribution in [2.24, 2.45) is 0 Å². The minimum Gasteiger partial charge on any atom is -0.346 e. The lowest BCUT2D eigenvalue weighted by Crippen LogP contribution is -2.50. The third kappa shape index (κ3) is 5.09. The maximum Gasteiger partial charge on any atom is 0.391 e. The molecule has 1 unspecified atom stereocenters. The quantitative estimate of drug-likeness (QED) is 0.653. The number of hydrogen-bond acceptors (Lipinski definition) is 2. The van der Waals surface area contributed by atoms with E-state index < -0.39 is 24.0 Å². The van der Waals surface area contributed by atoms with Gasteiger partial charge in [0, 0.05) is 11.6 Å². The van der Waals surface area contributed by atoms with E-state index in [2.05, 4.69) is 10.3 Å². The number of pyridine rings is 1. The zero-order valence-corrected chi connectivity index (χ0v) is 15.7. The lowest BCUT2D eigenvalue weighted by Gasteiger charge is -2.32. The summed E-state index contributed by atoms with van der Waals surface area (Å²) in [5, 5.41) is 3.35. The summed E-state index contributed by atoms with van der Waals surface area (Å²) in [6.45, 7) is 3.36. The van der Waals surface area contributed by atoms with Gasteiger partial charge in [0.25, 0.3) is 5.91 Å². The van der Waals surface area contributed by atoms with Crippen LogP contribution in [0.1, 0.15) is 34.8 Å². The summed E-state index contributed by atoms with van der Waals surface area (Å²) in [7, 11) is 0. The van der Waals surface area contributed by atoms with Crippen molar-refractivity contribution < 1.29 is 18.0 Å². The van der Waals surface area contributed by atoms with Crippen LogP contribution < -0.4 is 5.32 Å². The van der Waals surface area contributed by atoms with Crippen LogP contribution in [0.2, 0.25) is 0 Å². The number of fused-ring (bicyclic) bond motifs is 1. The number of amides is 1. The van der Waals surface area contributed by atoms with Crippen LogP contribution in [0.5, 0.6) is 0 Å². The number of halogens is 3. The van der Waals surface area contributed by atoms with Crippen molar-refractivity contribution in [2.45, 2.75) is 38.4 Å². The summed E-state index contributed by atoms with van der Waals surface area (Å²) >= 11 is 0. The van der Waals surface area contributed by atoms with E-state index in [1.807, 2.05) is 25.1 Å². The first-order chi connectivity index (χ1) is 13.1. The van der Waals surface area contributed by atoms with Gasteiger partial charge < -0.3 is 5.32 Å². The van der Waals surface area contributed by atoms with Crippen LogP contribution in [0.25, 0.3) is 10.9 Å². The van der Waals surface area contributed by atoms with E-state index in [0.29, 0.717) is 0 Å². The van der Waals surface area contributed by atoms with Crippen molar-refractivity contribution in [1.82, 2.24) is 10.3 Å². The van der Waals surface area contributed by atoms with Gasteiger partial charge in [-0.05, 0) is 43.5 Å². The van der Waals surface area contributed by atoms with Crippen LogP contribution in [-0.2, 0) is 6.42 Å². The molecule has 0 aliphatic heterocycles. The molecule has 28 heavy (non-hydrogen) atoms. The molecule has 0 saturated carbocycles. The first-order valence-electron chi connectivity index (χ1n) is 8.93. The molecular weight excluding hydrogens is 365 g/mol. The van der Waals surface area contributed by atoms with E-state index >= 15 is 0 Å². The van der Waals surface area contributed by atoms with Gasteiger partial charge in [0.2, 0.25) is 0 Å². The Morgan fingerprint density at radius 3 is 2.46 bits per heavy atom. The van der Waals surface area contributed by atoms with Gasteiger partial charge in [0.15, 0.2) is 0 Å². The molecule has 0 fully saturated rings. The lowest BCUT2D eigenvalue weighted by atomic mass is 9.88. The van der Waals surface area contributed by atoms with Gasteiger partial charge in [-0.3, -0.25) is 9.78 Å². The number of rotatable bonds is 5. The molecular formula is C22H21F3N2O. The number of carbonyl (C=O) groups is 1. The summed E-state index contributed by atoms with van der Waals surface area (Å²) in [6.07, 6.45) is -4.07. The van der Waals surface area contributed by atoms with Crippen LogP contribution in [0.15, 0.2) is 60.8 Å². The van der Waals surface area contributed by atoms with Crippen molar-refractivity contribution in [3.8, 4) is 0 Å². The molecule has 3 rings (SSSR count). The summed E-state index contributed by atoms with van der Waals surface area (Å²) in [5.74, 6) is -0.572. The molecule has 3 aromatic rings. The first kappa shape index (κ1) is 19.9. The molecule has 0 aliphatic carbocycles. The maximum atomic E-state index is 13.2. The Morgan fingerprint density at radius 1 is 1.07 bits per heavy atom. The molecule has 1 N–H and O–H groups in total. The Hall–Kier alpha value is -2.89. The minimum absolute atomic E-state index is 0.0687. The monoisotopic (exact) mass is 386 g/mol. The van der Waals surface area contributed by atoms with Crippen LogP contribution in [0, 0.1) is 6.92 Å². The number of nitrogens with one attached hydrogen (secondary N) is 1. The van der Waals surface area contributed by atoms with Gasteiger partial charge in [-0.15, -0.1) is 0 Å². The number of alkyl halides is 3. The highest BCUT2D eigenvalue weighted by Gasteiger charge is 2.40. The Labute approximate surface area is 161 Å². The minimum atomic E-state index is -4.41. The molecule has 1 atom stereocenters. The molecule has 1 heterocycles. The summed E-state index contributed by atoms with van der Waals surface area (Å²) in [4.78, 5) is 17.0. The Kier molecular flexibility index (Phi) is 5.40. The van der Waals surface area contributed by atoms with Gasteiger partial charge in [-0.2, -0.15) is 13.2 Å². The lowest BCUT2D eigenvalue weighted by molar-refractivity contribution is -0.147. The fourth-order valence-electron chi connectivity index (χ4n) is 3.34. The zero-order valence-electron chi connectivity index (χ0n) is 15.7. The number of benzene rings is 2. The number of hydrogen-bond donors (Lipinski definition) is 1. The summed E-state index contributed by atoms with van der Waals surface area (Å²) in [5.41, 5.74) is 1.26. The maximum absolute atomic E-state index is 13.2. The number of aromatic nitrogens is 1. The number of nitrogens with zero attached hydrogens (tertiary/aromatic N) is 1. The van der Waals surface area contributed by atoms with Crippen LogP contribution >= 0.6 is 0 Å². The van der Waals surface area contributed by atoms with Crippen molar-refractivity contribution >= 4 is 16.8 Å². The third-order valence-corrected chi connectivity index (χ3v) is 4.54. The van der Waals surface area contributed by atoms with Gasteiger partial charge >= 0.3 is 6.18 Å². The van der Waals surface area contributed by atoms with E-state index in [0.717, 1.165) is 22.0 Å². The molecule has 0 bridgehead atoms. The average molecular weight is 386 g/mol. The normalized spacial score (nSPS) is 13.9. The van der Waals surface area contributed by atoms with Crippen LogP contribution in [0.4, 0.5) is 13.2 Å². The van der Waals surface area contributed by atoms with Crippen molar-refractivity contribution in [3.05, 3.63) is 77.5 Å². The van der Waals surface area contributed by atoms with Crippen molar-refractivity contribution in [1.29, 1.82) is 0 Å².